The minimum Gasteiger partial charge on any atom is -0.378 e. The number of rotatable bonds is 10. The Bertz CT molecular complexity index is 1180. The molecule has 0 spiro atoms. The monoisotopic (exact) mass is 505 g/mol. The number of morpholine rings is 1. The van der Waals surface area contributed by atoms with Crippen molar-refractivity contribution in [3.8, 4) is 5.69 Å². The largest absolute Gasteiger partial charge is 0.378 e. The lowest BCUT2D eigenvalue weighted by molar-refractivity contribution is -0.137. The standard InChI is InChI=1S/C28H32FN5O3/c29-22-8-4-20(5-9-22)24-19-26(24)30-12-1-3-25(28(36)33-15-17-37-18-16-33)32-27(35)21-6-10-23(11-7-21)34-14-2-13-31-34/h2,4-11,13-14,24-26,30H,1,3,12,15-19H2,(H,32,35)/t24-,25?,26+/m0/s1. The molecule has 9 heteroatoms. The fourth-order valence-electron chi connectivity index (χ4n) is 4.78. The molecule has 3 atom stereocenters. The zero-order valence-electron chi connectivity index (χ0n) is 20.7. The van der Waals surface area contributed by atoms with Crippen molar-refractivity contribution in [2.45, 2.75) is 37.3 Å². The first kappa shape index (κ1) is 25.1. The smallest absolute Gasteiger partial charge is 0.251 e. The van der Waals surface area contributed by atoms with Gasteiger partial charge in [-0.05, 0) is 73.8 Å². The number of ether oxygens (including phenoxy) is 1. The molecule has 8 nitrogen and oxygen atoms in total. The highest BCUT2D eigenvalue weighted by molar-refractivity contribution is 5.97. The van der Waals surface area contributed by atoms with Crippen molar-refractivity contribution in [2.24, 2.45) is 0 Å². The Balaban J connectivity index is 1.16. The third-order valence-corrected chi connectivity index (χ3v) is 6.99. The average molecular weight is 506 g/mol. The minimum absolute atomic E-state index is 0.0691. The number of hydrogen-bond donors (Lipinski definition) is 2. The van der Waals surface area contributed by atoms with Gasteiger partial charge in [0.1, 0.15) is 11.9 Å². The second-order valence-corrected chi connectivity index (χ2v) is 9.56. The Morgan fingerprint density at radius 1 is 1.08 bits per heavy atom. The fourth-order valence-corrected chi connectivity index (χ4v) is 4.78. The number of carbonyl (C=O) groups is 2. The first-order valence-electron chi connectivity index (χ1n) is 12.8. The van der Waals surface area contributed by atoms with Gasteiger partial charge < -0.3 is 20.3 Å². The van der Waals surface area contributed by atoms with Gasteiger partial charge in [-0.15, -0.1) is 0 Å². The molecule has 2 aromatic carbocycles. The van der Waals surface area contributed by atoms with Crippen molar-refractivity contribution in [3.05, 3.63) is 83.9 Å². The van der Waals surface area contributed by atoms with Gasteiger partial charge in [0.05, 0.1) is 18.9 Å². The van der Waals surface area contributed by atoms with Gasteiger partial charge in [-0.1, -0.05) is 12.1 Å². The van der Waals surface area contributed by atoms with Gasteiger partial charge in [-0.3, -0.25) is 9.59 Å². The summed E-state index contributed by atoms with van der Waals surface area (Å²) in [6.07, 6.45) is 5.83. The Kier molecular flexibility index (Phi) is 7.91. The highest BCUT2D eigenvalue weighted by Gasteiger charge is 2.37. The van der Waals surface area contributed by atoms with Crippen LogP contribution in [0.5, 0.6) is 0 Å². The lowest BCUT2D eigenvalue weighted by atomic mass is 10.1. The zero-order valence-corrected chi connectivity index (χ0v) is 20.7. The zero-order chi connectivity index (χ0) is 25.6. The van der Waals surface area contributed by atoms with E-state index in [-0.39, 0.29) is 17.6 Å². The molecule has 37 heavy (non-hydrogen) atoms. The number of amides is 2. The van der Waals surface area contributed by atoms with E-state index < -0.39 is 6.04 Å². The second kappa shape index (κ2) is 11.7. The summed E-state index contributed by atoms with van der Waals surface area (Å²) in [5.41, 5.74) is 2.49. The molecule has 2 aliphatic rings. The Hall–Kier alpha value is -3.56. The van der Waals surface area contributed by atoms with Crippen molar-refractivity contribution >= 4 is 11.8 Å². The lowest BCUT2D eigenvalue weighted by Crippen LogP contribution is -2.52. The van der Waals surface area contributed by atoms with Crippen LogP contribution >= 0.6 is 0 Å². The highest BCUT2D eigenvalue weighted by atomic mass is 19.1. The Morgan fingerprint density at radius 3 is 2.54 bits per heavy atom. The molecule has 1 unspecified atom stereocenters. The molecule has 0 bridgehead atoms. The minimum atomic E-state index is -0.606. The summed E-state index contributed by atoms with van der Waals surface area (Å²) in [5, 5.41) is 10.7. The van der Waals surface area contributed by atoms with Gasteiger partial charge in [-0.2, -0.15) is 5.10 Å². The van der Waals surface area contributed by atoms with Crippen molar-refractivity contribution in [2.75, 3.05) is 32.8 Å². The number of benzene rings is 2. The first-order valence-corrected chi connectivity index (χ1v) is 12.8. The highest BCUT2D eigenvalue weighted by Crippen LogP contribution is 2.40. The number of nitrogens with one attached hydrogen (secondary N) is 2. The molecule has 1 aliphatic carbocycles. The van der Waals surface area contributed by atoms with Crippen molar-refractivity contribution in [1.82, 2.24) is 25.3 Å². The number of aromatic nitrogens is 2. The van der Waals surface area contributed by atoms with Crippen LogP contribution in [0, 0.1) is 5.82 Å². The maximum absolute atomic E-state index is 13.3. The van der Waals surface area contributed by atoms with Crippen molar-refractivity contribution in [3.63, 3.8) is 0 Å². The van der Waals surface area contributed by atoms with Gasteiger partial charge in [-0.25, -0.2) is 9.07 Å². The molecule has 0 radical (unpaired) electrons. The molecular formula is C28H32FN5O3. The van der Waals surface area contributed by atoms with Crippen LogP contribution in [-0.2, 0) is 9.53 Å². The van der Waals surface area contributed by atoms with Crippen LogP contribution in [-0.4, -0.2) is 71.4 Å². The molecule has 2 amide bonds. The molecule has 1 saturated carbocycles. The summed E-state index contributed by atoms with van der Waals surface area (Å²) < 4.78 is 20.3. The van der Waals surface area contributed by atoms with E-state index in [2.05, 4.69) is 15.7 Å². The molecule has 3 aromatic rings. The van der Waals surface area contributed by atoms with E-state index in [1.54, 1.807) is 27.9 Å². The van der Waals surface area contributed by atoms with E-state index in [0.717, 1.165) is 30.6 Å². The topological polar surface area (TPSA) is 88.5 Å². The lowest BCUT2D eigenvalue weighted by Gasteiger charge is -2.31. The second-order valence-electron chi connectivity index (χ2n) is 9.56. The summed E-state index contributed by atoms with van der Waals surface area (Å²) in [7, 11) is 0. The molecule has 1 saturated heterocycles. The van der Waals surface area contributed by atoms with Crippen LogP contribution in [0.25, 0.3) is 5.69 Å². The van der Waals surface area contributed by atoms with E-state index in [1.165, 1.54) is 12.1 Å². The Labute approximate surface area is 215 Å². The quantitative estimate of drug-likeness (QED) is 0.414. The molecule has 2 heterocycles. The van der Waals surface area contributed by atoms with E-state index >= 15 is 0 Å². The number of halogens is 1. The van der Waals surface area contributed by atoms with Crippen molar-refractivity contribution < 1.29 is 18.7 Å². The van der Waals surface area contributed by atoms with E-state index in [9.17, 15) is 14.0 Å². The van der Waals surface area contributed by atoms with E-state index in [0.29, 0.717) is 50.2 Å². The maximum atomic E-state index is 13.3. The molecular weight excluding hydrogens is 473 g/mol. The van der Waals surface area contributed by atoms with Crippen molar-refractivity contribution in [1.29, 1.82) is 0 Å². The Morgan fingerprint density at radius 2 is 1.84 bits per heavy atom. The molecule has 1 aliphatic heterocycles. The van der Waals surface area contributed by atoms with E-state index in [4.69, 9.17) is 4.74 Å². The normalized spacial score (nSPS) is 19.9. The van der Waals surface area contributed by atoms with Crippen LogP contribution < -0.4 is 10.6 Å². The molecule has 1 aromatic heterocycles. The first-order chi connectivity index (χ1) is 18.1. The summed E-state index contributed by atoms with van der Waals surface area (Å²) in [6, 6.07) is 15.4. The molecule has 2 N–H and O–H groups in total. The van der Waals surface area contributed by atoms with Gasteiger partial charge >= 0.3 is 0 Å². The van der Waals surface area contributed by atoms with E-state index in [1.807, 2.05) is 36.5 Å². The SMILES string of the molecule is O=C(NC(CCCN[C@@H]1C[C@H]1c1ccc(F)cc1)C(=O)N1CCOCC1)c1ccc(-n2cccn2)cc1. The summed E-state index contributed by atoms with van der Waals surface area (Å²) >= 11 is 0. The van der Waals surface area contributed by atoms with Gasteiger partial charge in [0.25, 0.3) is 5.91 Å². The van der Waals surface area contributed by atoms with Gasteiger partial charge in [0.2, 0.25) is 5.91 Å². The summed E-state index contributed by atoms with van der Waals surface area (Å²) in [6.45, 7) is 2.82. The number of nitrogens with zero attached hydrogens (tertiary/aromatic N) is 3. The molecule has 2 fully saturated rings. The van der Waals surface area contributed by atoms with Crippen LogP contribution in [0.3, 0.4) is 0 Å². The van der Waals surface area contributed by atoms with Crippen LogP contribution in [0.2, 0.25) is 0 Å². The van der Waals surface area contributed by atoms with Gasteiger partial charge in [0.15, 0.2) is 0 Å². The van der Waals surface area contributed by atoms with Crippen LogP contribution in [0.15, 0.2) is 67.0 Å². The predicted molar refractivity (Wildman–Crippen MR) is 137 cm³/mol. The fraction of sp³-hybridized carbons (Fsp3) is 0.393. The molecule has 194 valence electrons. The number of hydrogen-bond acceptors (Lipinski definition) is 5. The number of carbonyl (C=O) groups excluding carboxylic acids is 2. The maximum Gasteiger partial charge on any atom is 0.251 e. The van der Waals surface area contributed by atoms with Crippen LogP contribution in [0.4, 0.5) is 4.39 Å². The average Bonchev–Trinajstić information content (AvgIpc) is 3.49. The van der Waals surface area contributed by atoms with Gasteiger partial charge in [0, 0.05) is 43.0 Å². The molecule has 5 rings (SSSR count). The van der Waals surface area contributed by atoms with Crippen LogP contribution in [0.1, 0.15) is 41.1 Å². The third-order valence-electron chi connectivity index (χ3n) is 6.99. The third kappa shape index (κ3) is 6.42. The summed E-state index contributed by atoms with van der Waals surface area (Å²) in [5.74, 6) is -0.165. The summed E-state index contributed by atoms with van der Waals surface area (Å²) in [4.78, 5) is 28.1. The predicted octanol–water partition coefficient (Wildman–Crippen LogP) is 2.89.